The van der Waals surface area contributed by atoms with Crippen molar-refractivity contribution < 1.29 is 9.90 Å². The predicted molar refractivity (Wildman–Crippen MR) is 95.7 cm³/mol. The van der Waals surface area contributed by atoms with Gasteiger partial charge in [-0.05, 0) is 55.4 Å². The van der Waals surface area contributed by atoms with Crippen molar-refractivity contribution in [3.8, 4) is 5.75 Å². The van der Waals surface area contributed by atoms with Crippen molar-refractivity contribution in [1.29, 1.82) is 0 Å². The number of hydrogen-bond donors (Lipinski definition) is 2. The molecule has 0 aliphatic heterocycles. The van der Waals surface area contributed by atoms with Gasteiger partial charge in [0, 0.05) is 10.7 Å². The molecule has 2 aromatic rings. The van der Waals surface area contributed by atoms with Gasteiger partial charge in [0.2, 0.25) is 0 Å². The van der Waals surface area contributed by atoms with Crippen molar-refractivity contribution >= 4 is 23.2 Å². The van der Waals surface area contributed by atoms with Gasteiger partial charge in [-0.25, -0.2) is 5.43 Å². The van der Waals surface area contributed by atoms with Crippen LogP contribution in [0, 0.1) is 0 Å². The Morgan fingerprint density at radius 3 is 2.50 bits per heavy atom. The molecule has 4 nitrogen and oxygen atoms in total. The van der Waals surface area contributed by atoms with E-state index in [9.17, 15) is 9.90 Å². The molecule has 5 heteroatoms. The summed E-state index contributed by atoms with van der Waals surface area (Å²) in [5.41, 5.74) is 5.05. The molecule has 24 heavy (non-hydrogen) atoms. The first-order chi connectivity index (χ1) is 11.6. The molecule has 0 atom stereocenters. The minimum Gasteiger partial charge on any atom is -0.507 e. The lowest BCUT2D eigenvalue weighted by Gasteiger charge is -2.23. The Hall–Kier alpha value is -2.33. The summed E-state index contributed by atoms with van der Waals surface area (Å²) >= 11 is 5.77. The number of carbonyl (C=O) groups excluding carboxylic acids is 1. The number of hydrogen-bond acceptors (Lipinski definition) is 3. The Kier molecular flexibility index (Phi) is 5.16. The third kappa shape index (κ3) is 3.95. The molecule has 0 heterocycles. The van der Waals surface area contributed by atoms with E-state index in [1.54, 1.807) is 6.07 Å². The summed E-state index contributed by atoms with van der Waals surface area (Å²) in [6, 6.07) is 14.9. The summed E-state index contributed by atoms with van der Waals surface area (Å²) in [5.74, 6) is -0.0176. The van der Waals surface area contributed by atoms with E-state index < -0.39 is 5.91 Å². The van der Waals surface area contributed by atoms with Crippen molar-refractivity contribution in [3.63, 3.8) is 0 Å². The van der Waals surface area contributed by atoms with E-state index in [4.69, 9.17) is 11.6 Å². The third-order valence-electron chi connectivity index (χ3n) is 4.35. The zero-order valence-electron chi connectivity index (χ0n) is 13.2. The molecule has 0 unspecified atom stereocenters. The van der Waals surface area contributed by atoms with Crippen molar-refractivity contribution in [2.24, 2.45) is 5.10 Å². The maximum absolute atomic E-state index is 12.1. The van der Waals surface area contributed by atoms with Crippen LogP contribution in [-0.2, 0) is 0 Å². The number of halogens is 1. The van der Waals surface area contributed by atoms with Crippen LogP contribution < -0.4 is 5.43 Å². The number of aromatic hydroxyl groups is 1. The molecule has 0 saturated heterocycles. The molecule has 1 saturated carbocycles. The smallest absolute Gasteiger partial charge is 0.275 e. The molecule has 1 amide bonds. The molecule has 0 bridgehead atoms. The van der Waals surface area contributed by atoms with Crippen LogP contribution in [0.3, 0.4) is 0 Å². The fourth-order valence-corrected chi connectivity index (χ4v) is 3.17. The van der Waals surface area contributed by atoms with E-state index in [1.807, 2.05) is 6.07 Å². The highest BCUT2D eigenvalue weighted by molar-refractivity contribution is 6.30. The number of amides is 1. The zero-order chi connectivity index (χ0) is 16.9. The minimum absolute atomic E-state index is 0.145. The van der Waals surface area contributed by atoms with Crippen molar-refractivity contribution in [1.82, 2.24) is 5.43 Å². The molecule has 1 fully saturated rings. The predicted octanol–water partition coefficient (Wildman–Crippen LogP) is 4.49. The maximum Gasteiger partial charge on any atom is 0.275 e. The van der Waals surface area contributed by atoms with Crippen LogP contribution in [0.15, 0.2) is 53.6 Å². The summed E-state index contributed by atoms with van der Waals surface area (Å²) < 4.78 is 0. The molecule has 2 aromatic carbocycles. The van der Waals surface area contributed by atoms with Gasteiger partial charge in [0.15, 0.2) is 0 Å². The fourth-order valence-electron chi connectivity index (χ4n) is 3.01. The second-order valence-corrected chi connectivity index (χ2v) is 6.40. The molecule has 0 spiro atoms. The molecular weight excluding hydrogens is 324 g/mol. The first-order valence-electron chi connectivity index (χ1n) is 8.02. The minimum atomic E-state index is -0.429. The number of nitrogens with one attached hydrogen (secondary N) is 1. The number of nitrogens with zero attached hydrogens (tertiary/aromatic N) is 1. The lowest BCUT2D eigenvalue weighted by atomic mass is 9.83. The zero-order valence-corrected chi connectivity index (χ0v) is 14.0. The van der Waals surface area contributed by atoms with Crippen LogP contribution in [0.4, 0.5) is 0 Å². The van der Waals surface area contributed by atoms with Crippen LogP contribution in [0.25, 0.3) is 0 Å². The molecule has 0 radical (unpaired) electrons. The van der Waals surface area contributed by atoms with Gasteiger partial charge in [-0.3, -0.25) is 4.79 Å². The van der Waals surface area contributed by atoms with Crippen molar-refractivity contribution in [2.75, 3.05) is 0 Å². The monoisotopic (exact) mass is 342 g/mol. The SMILES string of the molecule is O=C(NN=C1CCC(c2ccccc2)CC1)c1ccc(Cl)cc1O. The number of rotatable bonds is 3. The third-order valence-corrected chi connectivity index (χ3v) is 4.59. The largest absolute Gasteiger partial charge is 0.507 e. The Balaban J connectivity index is 1.57. The molecule has 3 rings (SSSR count). The first-order valence-corrected chi connectivity index (χ1v) is 8.40. The quantitative estimate of drug-likeness (QED) is 0.807. The lowest BCUT2D eigenvalue weighted by Crippen LogP contribution is -2.22. The highest BCUT2D eigenvalue weighted by Crippen LogP contribution is 2.31. The van der Waals surface area contributed by atoms with Crippen LogP contribution in [0.1, 0.15) is 47.5 Å². The van der Waals surface area contributed by atoms with Gasteiger partial charge in [0.05, 0.1) is 5.56 Å². The van der Waals surface area contributed by atoms with Gasteiger partial charge < -0.3 is 5.11 Å². The van der Waals surface area contributed by atoms with Crippen LogP contribution >= 0.6 is 11.6 Å². The standard InChI is InChI=1S/C19H19ClN2O2/c20-15-8-11-17(18(23)12-15)19(24)22-21-16-9-6-14(7-10-16)13-4-2-1-3-5-13/h1-5,8,11-12,14,23H,6-7,9-10H2,(H,22,24). The maximum atomic E-state index is 12.1. The number of phenols is 1. The number of hydrazone groups is 1. The highest BCUT2D eigenvalue weighted by atomic mass is 35.5. The Bertz CT molecular complexity index is 749. The van der Waals surface area contributed by atoms with E-state index >= 15 is 0 Å². The number of phenolic OH excluding ortho intramolecular Hbond substituents is 1. The molecule has 0 aromatic heterocycles. The summed E-state index contributed by atoms with van der Waals surface area (Å²) in [7, 11) is 0. The van der Waals surface area contributed by atoms with E-state index in [0.29, 0.717) is 10.9 Å². The van der Waals surface area contributed by atoms with Crippen LogP contribution in [0.5, 0.6) is 5.75 Å². The molecule has 1 aliphatic carbocycles. The summed E-state index contributed by atoms with van der Waals surface area (Å²) in [4.78, 5) is 12.1. The average molecular weight is 343 g/mol. The fraction of sp³-hybridized carbons (Fsp3) is 0.263. The van der Waals surface area contributed by atoms with E-state index in [1.165, 1.54) is 17.7 Å². The second kappa shape index (κ2) is 7.49. The average Bonchev–Trinajstić information content (AvgIpc) is 2.61. The van der Waals surface area contributed by atoms with Gasteiger partial charge in [-0.1, -0.05) is 41.9 Å². The Labute approximate surface area is 146 Å². The topological polar surface area (TPSA) is 61.7 Å². The molecule has 1 aliphatic rings. The number of benzene rings is 2. The van der Waals surface area contributed by atoms with Crippen LogP contribution in [-0.4, -0.2) is 16.7 Å². The molecular formula is C19H19ClN2O2. The highest BCUT2D eigenvalue weighted by Gasteiger charge is 2.19. The molecule has 2 N–H and O–H groups in total. The first kappa shape index (κ1) is 16.5. The normalized spacial score (nSPS) is 17.4. The number of carbonyl (C=O) groups is 1. The van der Waals surface area contributed by atoms with E-state index in [-0.39, 0.29) is 11.3 Å². The van der Waals surface area contributed by atoms with Gasteiger partial charge in [0.1, 0.15) is 5.75 Å². The Morgan fingerprint density at radius 2 is 1.83 bits per heavy atom. The second-order valence-electron chi connectivity index (χ2n) is 5.97. The van der Waals surface area contributed by atoms with Gasteiger partial charge in [-0.15, -0.1) is 0 Å². The van der Waals surface area contributed by atoms with E-state index in [2.05, 4.69) is 34.8 Å². The summed E-state index contributed by atoms with van der Waals surface area (Å²) in [5, 5.41) is 14.4. The summed E-state index contributed by atoms with van der Waals surface area (Å²) in [6.07, 6.45) is 3.80. The lowest BCUT2D eigenvalue weighted by molar-refractivity contribution is 0.0952. The van der Waals surface area contributed by atoms with Crippen molar-refractivity contribution in [2.45, 2.75) is 31.6 Å². The van der Waals surface area contributed by atoms with Crippen molar-refractivity contribution in [3.05, 3.63) is 64.7 Å². The van der Waals surface area contributed by atoms with Crippen LogP contribution in [0.2, 0.25) is 5.02 Å². The van der Waals surface area contributed by atoms with E-state index in [0.717, 1.165) is 31.4 Å². The van der Waals surface area contributed by atoms with Gasteiger partial charge in [-0.2, -0.15) is 5.10 Å². The Morgan fingerprint density at radius 1 is 1.12 bits per heavy atom. The van der Waals surface area contributed by atoms with Gasteiger partial charge >= 0.3 is 0 Å². The summed E-state index contributed by atoms with van der Waals surface area (Å²) in [6.45, 7) is 0. The van der Waals surface area contributed by atoms with Gasteiger partial charge in [0.25, 0.3) is 5.91 Å². The molecule has 124 valence electrons.